The largest absolute Gasteiger partial charge is 0.379 e. The van der Waals surface area contributed by atoms with Gasteiger partial charge in [0, 0.05) is 75.7 Å². The molecule has 1 aromatic carbocycles. The highest BCUT2D eigenvalue weighted by Gasteiger charge is 2.25. The van der Waals surface area contributed by atoms with E-state index in [1.54, 1.807) is 0 Å². The maximum Gasteiger partial charge on any atom is 0.252 e. The van der Waals surface area contributed by atoms with Crippen LogP contribution in [0.1, 0.15) is 34.8 Å². The monoisotopic (exact) mass is 475 g/mol. The van der Waals surface area contributed by atoms with Crippen LogP contribution in [0.4, 0.5) is 11.8 Å². The van der Waals surface area contributed by atoms with Crippen molar-refractivity contribution in [2.45, 2.75) is 18.9 Å². The van der Waals surface area contributed by atoms with Crippen LogP contribution in [-0.2, 0) is 4.74 Å². The van der Waals surface area contributed by atoms with E-state index in [2.05, 4.69) is 25.1 Å². The molecule has 2 saturated heterocycles. The number of nitrogens with one attached hydrogen (secondary N) is 1. The fourth-order valence-electron chi connectivity index (χ4n) is 4.83. The molecule has 0 aliphatic carbocycles. The summed E-state index contributed by atoms with van der Waals surface area (Å²) in [5, 5.41) is 4.04. The molecule has 1 amide bonds. The van der Waals surface area contributed by atoms with Crippen molar-refractivity contribution < 1.29 is 9.53 Å². The molecule has 35 heavy (non-hydrogen) atoms. The van der Waals surface area contributed by atoms with Crippen molar-refractivity contribution in [3.05, 3.63) is 53.9 Å². The quantitative estimate of drug-likeness (QED) is 0.558. The summed E-state index contributed by atoms with van der Waals surface area (Å²) in [6, 6.07) is 9.78. The summed E-state index contributed by atoms with van der Waals surface area (Å²) >= 11 is 0. The topological polar surface area (TPSA) is 86.7 Å². The fraction of sp³-hybridized carbons (Fsp3) is 0.462. The van der Waals surface area contributed by atoms with Crippen LogP contribution in [0, 0.1) is 0 Å². The van der Waals surface area contributed by atoms with Gasteiger partial charge in [-0.3, -0.25) is 9.69 Å². The first-order valence-corrected chi connectivity index (χ1v) is 12.3. The smallest absolute Gasteiger partial charge is 0.252 e. The third kappa shape index (κ3) is 5.21. The second kappa shape index (κ2) is 10.5. The number of ether oxygens (including phenoxy) is 1. The molecule has 2 aromatic heterocycles. The Morgan fingerprint density at radius 1 is 1.06 bits per heavy atom. The van der Waals surface area contributed by atoms with E-state index in [1.165, 1.54) is 12.8 Å². The second-order valence-corrected chi connectivity index (χ2v) is 9.32. The van der Waals surface area contributed by atoms with E-state index in [0.29, 0.717) is 31.3 Å². The van der Waals surface area contributed by atoms with Crippen molar-refractivity contribution in [2.24, 2.45) is 0 Å². The zero-order valence-corrected chi connectivity index (χ0v) is 20.5. The lowest BCUT2D eigenvalue weighted by Gasteiger charge is -2.34. The van der Waals surface area contributed by atoms with E-state index in [4.69, 9.17) is 9.72 Å². The number of aromatic nitrogens is 3. The highest BCUT2D eigenvalue weighted by atomic mass is 16.5. The number of pyridine rings is 1. The average Bonchev–Trinajstić information content (AvgIpc) is 3.44. The van der Waals surface area contributed by atoms with Crippen LogP contribution < -0.4 is 15.1 Å². The van der Waals surface area contributed by atoms with Gasteiger partial charge in [-0.2, -0.15) is 0 Å². The SMILES string of the molecule is CN(C)c1ncc(C(CNC(=O)c2cccc3nc(N4CCCC4)ccc23)N2CCOCC2)cn1. The van der Waals surface area contributed by atoms with Gasteiger partial charge >= 0.3 is 0 Å². The number of carbonyl (C=O) groups is 1. The predicted octanol–water partition coefficient (Wildman–Crippen LogP) is 2.49. The highest BCUT2D eigenvalue weighted by Crippen LogP contribution is 2.25. The van der Waals surface area contributed by atoms with Crippen molar-refractivity contribution in [3.8, 4) is 0 Å². The summed E-state index contributed by atoms with van der Waals surface area (Å²) in [4.78, 5) is 33.7. The molecule has 4 heterocycles. The summed E-state index contributed by atoms with van der Waals surface area (Å²) in [7, 11) is 3.84. The summed E-state index contributed by atoms with van der Waals surface area (Å²) < 4.78 is 5.55. The standard InChI is InChI=1S/C26H33N7O2/c1-31(2)26-28-16-19(17-29-26)23(32-12-14-35-15-13-32)18-27-25(34)21-6-5-7-22-20(21)8-9-24(30-22)33-10-3-4-11-33/h5-9,16-17,23H,3-4,10-15,18H2,1-2H3,(H,27,34). The van der Waals surface area contributed by atoms with Crippen molar-refractivity contribution in [3.63, 3.8) is 0 Å². The second-order valence-electron chi connectivity index (χ2n) is 9.32. The first-order chi connectivity index (χ1) is 17.1. The molecule has 5 rings (SSSR count). The molecule has 2 aliphatic rings. The van der Waals surface area contributed by atoms with Crippen LogP contribution in [0.5, 0.6) is 0 Å². The number of fused-ring (bicyclic) bond motifs is 1. The zero-order chi connectivity index (χ0) is 24.2. The normalized spacial score (nSPS) is 17.5. The maximum atomic E-state index is 13.3. The van der Waals surface area contributed by atoms with Crippen LogP contribution >= 0.6 is 0 Å². The van der Waals surface area contributed by atoms with Gasteiger partial charge < -0.3 is 19.9 Å². The number of rotatable bonds is 7. The first kappa shape index (κ1) is 23.4. The Morgan fingerprint density at radius 3 is 2.51 bits per heavy atom. The Labute approximate surface area is 206 Å². The number of hydrogen-bond donors (Lipinski definition) is 1. The summed E-state index contributed by atoms with van der Waals surface area (Å²) in [5.41, 5.74) is 2.47. The minimum Gasteiger partial charge on any atom is -0.379 e. The molecule has 1 N–H and O–H groups in total. The molecule has 0 spiro atoms. The van der Waals surface area contributed by atoms with E-state index < -0.39 is 0 Å². The highest BCUT2D eigenvalue weighted by molar-refractivity contribution is 6.06. The minimum atomic E-state index is -0.101. The summed E-state index contributed by atoms with van der Waals surface area (Å²) in [6.45, 7) is 5.49. The molecule has 1 unspecified atom stereocenters. The summed E-state index contributed by atoms with van der Waals surface area (Å²) in [5.74, 6) is 1.55. The molecule has 0 bridgehead atoms. The molecule has 1 atom stereocenters. The van der Waals surface area contributed by atoms with E-state index in [1.807, 2.05) is 61.7 Å². The molecule has 184 valence electrons. The van der Waals surface area contributed by atoms with Crippen molar-refractivity contribution in [1.29, 1.82) is 0 Å². The van der Waals surface area contributed by atoms with Gasteiger partial charge in [0.1, 0.15) is 5.82 Å². The van der Waals surface area contributed by atoms with Crippen LogP contribution in [-0.4, -0.2) is 85.8 Å². The molecular formula is C26H33N7O2. The van der Waals surface area contributed by atoms with Gasteiger partial charge in [0.15, 0.2) is 0 Å². The van der Waals surface area contributed by atoms with Crippen molar-refractivity contribution in [1.82, 2.24) is 25.2 Å². The lowest BCUT2D eigenvalue weighted by atomic mass is 10.1. The molecular weight excluding hydrogens is 442 g/mol. The first-order valence-electron chi connectivity index (χ1n) is 12.3. The molecule has 0 radical (unpaired) electrons. The van der Waals surface area contributed by atoms with Gasteiger partial charge in [0.05, 0.1) is 24.8 Å². The number of nitrogens with zero attached hydrogens (tertiary/aromatic N) is 6. The summed E-state index contributed by atoms with van der Waals surface area (Å²) in [6.07, 6.45) is 6.12. The van der Waals surface area contributed by atoms with Gasteiger partial charge in [-0.15, -0.1) is 0 Å². The number of hydrogen-bond acceptors (Lipinski definition) is 8. The Kier molecular flexibility index (Phi) is 7.06. The Morgan fingerprint density at radius 2 is 1.80 bits per heavy atom. The molecule has 2 fully saturated rings. The molecule has 0 saturated carbocycles. The average molecular weight is 476 g/mol. The Bertz CT molecular complexity index is 1160. The van der Waals surface area contributed by atoms with E-state index in [0.717, 1.165) is 48.5 Å². The van der Waals surface area contributed by atoms with Gasteiger partial charge in [-0.25, -0.2) is 15.0 Å². The number of benzene rings is 1. The lowest BCUT2D eigenvalue weighted by molar-refractivity contribution is 0.0161. The molecule has 3 aromatic rings. The van der Waals surface area contributed by atoms with Crippen LogP contribution in [0.2, 0.25) is 0 Å². The maximum absolute atomic E-state index is 13.3. The number of morpholine rings is 1. The third-order valence-electron chi connectivity index (χ3n) is 6.78. The lowest BCUT2D eigenvalue weighted by Crippen LogP contribution is -2.44. The van der Waals surface area contributed by atoms with Crippen LogP contribution in [0.15, 0.2) is 42.7 Å². The zero-order valence-electron chi connectivity index (χ0n) is 20.5. The Hall–Kier alpha value is -3.30. The number of carbonyl (C=O) groups excluding carboxylic acids is 1. The number of anilines is 2. The third-order valence-corrected chi connectivity index (χ3v) is 6.78. The fourth-order valence-corrected chi connectivity index (χ4v) is 4.83. The number of amides is 1. The van der Waals surface area contributed by atoms with Gasteiger partial charge in [-0.05, 0) is 37.1 Å². The predicted molar refractivity (Wildman–Crippen MR) is 137 cm³/mol. The van der Waals surface area contributed by atoms with Gasteiger partial charge in [0.2, 0.25) is 5.95 Å². The van der Waals surface area contributed by atoms with Gasteiger partial charge in [0.25, 0.3) is 5.91 Å². The Balaban J connectivity index is 1.35. The van der Waals surface area contributed by atoms with Crippen molar-refractivity contribution >= 4 is 28.6 Å². The molecule has 9 nitrogen and oxygen atoms in total. The minimum absolute atomic E-state index is 0.0334. The van der Waals surface area contributed by atoms with E-state index in [-0.39, 0.29) is 11.9 Å². The van der Waals surface area contributed by atoms with E-state index in [9.17, 15) is 4.79 Å². The van der Waals surface area contributed by atoms with Gasteiger partial charge in [-0.1, -0.05) is 6.07 Å². The van der Waals surface area contributed by atoms with E-state index >= 15 is 0 Å². The molecule has 9 heteroatoms. The van der Waals surface area contributed by atoms with Crippen LogP contribution in [0.25, 0.3) is 10.9 Å². The van der Waals surface area contributed by atoms with Crippen LogP contribution in [0.3, 0.4) is 0 Å². The van der Waals surface area contributed by atoms with Crippen molar-refractivity contribution in [2.75, 3.05) is 69.8 Å². The molecule has 2 aliphatic heterocycles.